The lowest BCUT2D eigenvalue weighted by Gasteiger charge is -2.25. The lowest BCUT2D eigenvalue weighted by molar-refractivity contribution is 0.321. The summed E-state index contributed by atoms with van der Waals surface area (Å²) < 4.78 is 32.0. The summed E-state index contributed by atoms with van der Waals surface area (Å²) in [4.78, 5) is 8.51. The first-order valence-corrected chi connectivity index (χ1v) is 11.3. The van der Waals surface area contributed by atoms with Crippen LogP contribution >= 0.6 is 11.6 Å². The van der Waals surface area contributed by atoms with Crippen LogP contribution in [-0.4, -0.2) is 36.4 Å². The zero-order valence-corrected chi connectivity index (χ0v) is 20.5. The molecule has 4 aromatic rings. The maximum Gasteiger partial charge on any atom is 0.203 e. The Morgan fingerprint density at radius 2 is 1.74 bits per heavy atom. The molecule has 1 unspecified atom stereocenters. The fourth-order valence-corrected chi connectivity index (χ4v) is 4.38. The second-order valence-corrected chi connectivity index (χ2v) is 8.09. The number of hydrogen-bond acceptors (Lipinski definition) is 7. The van der Waals surface area contributed by atoms with Crippen molar-refractivity contribution in [2.45, 2.75) is 19.4 Å². The average Bonchev–Trinajstić information content (AvgIpc) is 2.88. The largest absolute Gasteiger partial charge is 0.505 e. The van der Waals surface area contributed by atoms with Crippen LogP contribution in [0.1, 0.15) is 29.7 Å². The summed E-state index contributed by atoms with van der Waals surface area (Å²) in [7, 11) is 4.51. The van der Waals surface area contributed by atoms with Crippen LogP contribution in [0, 0.1) is 5.82 Å². The molecule has 0 amide bonds. The second kappa shape index (κ2) is 10.2. The number of hydrogen-bond donors (Lipinski definition) is 2. The highest BCUT2D eigenvalue weighted by molar-refractivity contribution is 6.31. The van der Waals surface area contributed by atoms with Crippen molar-refractivity contribution in [2.75, 3.05) is 26.6 Å². The molecule has 2 N–H and O–H groups in total. The van der Waals surface area contributed by atoms with Crippen molar-refractivity contribution in [1.29, 1.82) is 0 Å². The van der Waals surface area contributed by atoms with Crippen LogP contribution in [0.2, 0.25) is 5.02 Å². The van der Waals surface area contributed by atoms with E-state index in [1.165, 1.54) is 27.5 Å². The third-order valence-electron chi connectivity index (χ3n) is 5.84. The van der Waals surface area contributed by atoms with Gasteiger partial charge < -0.3 is 24.6 Å². The molecule has 0 radical (unpaired) electrons. The number of benzene rings is 2. The van der Waals surface area contributed by atoms with Crippen molar-refractivity contribution in [3.63, 3.8) is 0 Å². The summed E-state index contributed by atoms with van der Waals surface area (Å²) in [6.07, 6.45) is 3.38. The Labute approximate surface area is 207 Å². The molecule has 0 aliphatic rings. The average molecular weight is 498 g/mol. The topological polar surface area (TPSA) is 85.7 Å². The summed E-state index contributed by atoms with van der Waals surface area (Å²) >= 11 is 6.15. The van der Waals surface area contributed by atoms with E-state index < -0.39 is 11.9 Å². The maximum absolute atomic E-state index is 15.4. The van der Waals surface area contributed by atoms with Crippen molar-refractivity contribution < 1.29 is 23.7 Å². The first-order chi connectivity index (χ1) is 16.9. The molecule has 0 aliphatic carbocycles. The van der Waals surface area contributed by atoms with E-state index in [-0.39, 0.29) is 16.6 Å². The van der Waals surface area contributed by atoms with Crippen LogP contribution in [0.5, 0.6) is 23.0 Å². The van der Waals surface area contributed by atoms with E-state index in [1.807, 2.05) is 19.1 Å². The molecule has 35 heavy (non-hydrogen) atoms. The molecule has 0 aliphatic heterocycles. The predicted octanol–water partition coefficient (Wildman–Crippen LogP) is 5.92. The van der Waals surface area contributed by atoms with Gasteiger partial charge in [-0.25, -0.2) is 9.37 Å². The number of anilines is 1. The van der Waals surface area contributed by atoms with Gasteiger partial charge in [0, 0.05) is 34.5 Å². The zero-order chi connectivity index (χ0) is 25.1. The molecule has 2 heterocycles. The molecular formula is C26H25ClFN3O4. The van der Waals surface area contributed by atoms with Crippen molar-refractivity contribution in [1.82, 2.24) is 9.97 Å². The molecule has 182 valence electrons. The lowest BCUT2D eigenvalue weighted by atomic mass is 9.94. The van der Waals surface area contributed by atoms with E-state index in [0.717, 1.165) is 5.39 Å². The summed E-state index contributed by atoms with van der Waals surface area (Å²) in [5.41, 5.74) is 1.75. The predicted molar refractivity (Wildman–Crippen MR) is 134 cm³/mol. The Kier molecular flexibility index (Phi) is 7.12. The van der Waals surface area contributed by atoms with Gasteiger partial charge in [-0.3, -0.25) is 4.98 Å². The molecule has 0 bridgehead atoms. The van der Waals surface area contributed by atoms with Gasteiger partial charge in [0.1, 0.15) is 11.3 Å². The van der Waals surface area contributed by atoms with Gasteiger partial charge in [-0.05, 0) is 24.6 Å². The number of nitrogens with zero attached hydrogens (tertiary/aromatic N) is 2. The molecular weight excluding hydrogens is 473 g/mol. The van der Waals surface area contributed by atoms with Crippen molar-refractivity contribution in [2.24, 2.45) is 0 Å². The highest BCUT2D eigenvalue weighted by Crippen LogP contribution is 2.46. The number of halogens is 2. The molecule has 7 nitrogen and oxygen atoms in total. The van der Waals surface area contributed by atoms with Gasteiger partial charge in [0.15, 0.2) is 23.1 Å². The maximum atomic E-state index is 15.4. The number of fused-ring (bicyclic) bond motifs is 1. The molecule has 0 fully saturated rings. The number of aromatic hydroxyl groups is 1. The SMILES string of the molecule is CCc1c(Cl)cnc(NC(c2ccc(OC)c(OC)c2OC)c2ccc3cccnc3c2O)c1F. The van der Waals surface area contributed by atoms with Crippen LogP contribution in [0.3, 0.4) is 0 Å². The van der Waals surface area contributed by atoms with E-state index >= 15 is 4.39 Å². The van der Waals surface area contributed by atoms with Crippen molar-refractivity contribution >= 4 is 28.3 Å². The second-order valence-electron chi connectivity index (χ2n) is 7.68. The smallest absolute Gasteiger partial charge is 0.203 e. The minimum Gasteiger partial charge on any atom is -0.505 e. The monoisotopic (exact) mass is 497 g/mol. The van der Waals surface area contributed by atoms with E-state index in [4.69, 9.17) is 25.8 Å². The Hall–Kier alpha value is -3.78. The van der Waals surface area contributed by atoms with E-state index in [0.29, 0.717) is 45.9 Å². The van der Waals surface area contributed by atoms with Crippen LogP contribution in [0.4, 0.5) is 10.2 Å². The summed E-state index contributed by atoms with van der Waals surface area (Å²) in [6, 6.07) is 9.89. The number of ether oxygens (including phenoxy) is 3. The Morgan fingerprint density at radius 1 is 1.00 bits per heavy atom. The van der Waals surface area contributed by atoms with Crippen LogP contribution in [-0.2, 0) is 6.42 Å². The Morgan fingerprint density at radius 3 is 2.43 bits per heavy atom. The van der Waals surface area contributed by atoms with Crippen molar-refractivity contribution in [3.8, 4) is 23.0 Å². The fourth-order valence-electron chi connectivity index (χ4n) is 4.12. The van der Waals surface area contributed by atoms with Gasteiger partial charge in [0.05, 0.1) is 32.4 Å². The van der Waals surface area contributed by atoms with E-state index in [2.05, 4.69) is 15.3 Å². The molecule has 9 heteroatoms. The van der Waals surface area contributed by atoms with Crippen molar-refractivity contribution in [3.05, 3.63) is 76.3 Å². The first-order valence-electron chi connectivity index (χ1n) is 10.9. The first kappa shape index (κ1) is 24.3. The molecule has 0 saturated heterocycles. The molecule has 4 rings (SSSR count). The normalized spacial score (nSPS) is 11.8. The number of rotatable bonds is 8. The van der Waals surface area contributed by atoms with Crippen LogP contribution in [0.15, 0.2) is 48.8 Å². The molecule has 0 saturated carbocycles. The zero-order valence-electron chi connectivity index (χ0n) is 19.7. The lowest BCUT2D eigenvalue weighted by Crippen LogP contribution is -2.17. The summed E-state index contributed by atoms with van der Waals surface area (Å²) in [5.74, 6) is 0.533. The third kappa shape index (κ3) is 4.37. The number of phenols is 1. The van der Waals surface area contributed by atoms with Gasteiger partial charge in [-0.15, -0.1) is 0 Å². The number of nitrogens with one attached hydrogen (secondary N) is 1. The molecule has 1 atom stereocenters. The van der Waals surface area contributed by atoms with Gasteiger partial charge >= 0.3 is 0 Å². The minimum absolute atomic E-state index is 0.0198. The van der Waals surface area contributed by atoms with E-state index in [9.17, 15) is 5.11 Å². The minimum atomic E-state index is -0.802. The molecule has 0 spiro atoms. The number of aromatic nitrogens is 2. The Balaban J connectivity index is 1.97. The molecule has 2 aromatic carbocycles. The third-order valence-corrected chi connectivity index (χ3v) is 6.16. The standard InChI is InChI=1S/C26H25ClFN3O4/c1-5-15-18(27)13-30-26(20(15)28)31-22(16-9-8-14-7-6-12-29-21(14)23(16)32)17-10-11-19(33-2)25(35-4)24(17)34-3/h6-13,22,32H,5H2,1-4H3,(H,30,31). The highest BCUT2D eigenvalue weighted by atomic mass is 35.5. The quantitative estimate of drug-likeness (QED) is 0.312. The number of phenolic OH excluding ortho intramolecular Hbond substituents is 1. The fraction of sp³-hybridized carbons (Fsp3) is 0.231. The van der Waals surface area contributed by atoms with Crippen LogP contribution in [0.25, 0.3) is 10.9 Å². The highest BCUT2D eigenvalue weighted by Gasteiger charge is 2.28. The summed E-state index contributed by atoms with van der Waals surface area (Å²) in [6.45, 7) is 1.81. The number of methoxy groups -OCH3 is 3. The molecule has 2 aromatic heterocycles. The summed E-state index contributed by atoms with van der Waals surface area (Å²) in [5, 5.41) is 15.4. The van der Waals surface area contributed by atoms with Gasteiger partial charge in [0.2, 0.25) is 5.75 Å². The van der Waals surface area contributed by atoms with Crippen LogP contribution < -0.4 is 19.5 Å². The van der Waals surface area contributed by atoms with Gasteiger partial charge in [0.25, 0.3) is 0 Å². The van der Waals surface area contributed by atoms with Gasteiger partial charge in [-0.2, -0.15) is 0 Å². The van der Waals surface area contributed by atoms with E-state index in [1.54, 1.807) is 30.5 Å². The number of pyridine rings is 2. The van der Waals surface area contributed by atoms with Gasteiger partial charge in [-0.1, -0.05) is 36.7 Å². The Bertz CT molecular complexity index is 1380.